The van der Waals surface area contributed by atoms with E-state index in [1.165, 1.54) is 16.6 Å². The molecular weight excluding hydrogens is 466 g/mol. The van der Waals surface area contributed by atoms with Crippen molar-refractivity contribution >= 4 is 34.0 Å². The fraction of sp³-hybridized carbons (Fsp3) is 0.440. The first-order valence-electron chi connectivity index (χ1n) is 11.3. The number of fused-ring (bicyclic) bond motifs is 1. The van der Waals surface area contributed by atoms with E-state index in [0.29, 0.717) is 34.0 Å². The summed E-state index contributed by atoms with van der Waals surface area (Å²) in [6.45, 7) is 13.0. The minimum Gasteiger partial charge on any atom is -0.469 e. The third kappa shape index (κ3) is 4.84. The molecule has 1 unspecified atom stereocenters. The third-order valence-corrected chi connectivity index (χ3v) is 8.45. The number of nitrogens with one attached hydrogen (secondary N) is 1. The number of anilines is 1. The fourth-order valence-corrected chi connectivity index (χ4v) is 6.37. The van der Waals surface area contributed by atoms with Crippen LogP contribution >= 0.6 is 23.1 Å². The normalized spacial score (nSPS) is 15.6. The Morgan fingerprint density at radius 1 is 1.47 bits per heavy atom. The molecule has 0 radical (unpaired) electrons. The van der Waals surface area contributed by atoms with Crippen LogP contribution in [0.15, 0.2) is 34.6 Å². The Morgan fingerprint density at radius 3 is 2.91 bits per heavy atom. The van der Waals surface area contributed by atoms with Crippen LogP contribution in [0.2, 0.25) is 0 Å². The zero-order valence-electron chi connectivity index (χ0n) is 20.0. The first kappa shape index (κ1) is 24.3. The summed E-state index contributed by atoms with van der Waals surface area (Å²) in [6, 6.07) is 4.18. The highest BCUT2D eigenvalue weighted by Gasteiger charge is 2.32. The summed E-state index contributed by atoms with van der Waals surface area (Å²) < 4.78 is 7.32. The van der Waals surface area contributed by atoms with Gasteiger partial charge in [0.2, 0.25) is 5.91 Å². The van der Waals surface area contributed by atoms with Gasteiger partial charge in [0, 0.05) is 11.4 Å². The van der Waals surface area contributed by atoms with Crippen molar-refractivity contribution in [2.75, 3.05) is 11.1 Å². The summed E-state index contributed by atoms with van der Waals surface area (Å²) in [6.07, 6.45) is 6.32. The van der Waals surface area contributed by atoms with Crippen molar-refractivity contribution in [3.05, 3.63) is 46.7 Å². The Labute approximate surface area is 208 Å². The minimum atomic E-state index is -0.165. The summed E-state index contributed by atoms with van der Waals surface area (Å²) in [5.74, 6) is 2.01. The second-order valence-electron chi connectivity index (χ2n) is 9.56. The Bertz CT molecular complexity index is 1260. The lowest BCUT2D eigenvalue weighted by Crippen LogP contribution is -2.26. The van der Waals surface area contributed by atoms with Crippen LogP contribution in [0.3, 0.4) is 0 Å². The van der Waals surface area contributed by atoms with Gasteiger partial charge >= 0.3 is 0 Å². The number of nitrogens with zero attached hydrogens (tertiary/aromatic N) is 4. The topological polar surface area (TPSA) is 96.7 Å². The number of rotatable bonds is 7. The Morgan fingerprint density at radius 2 is 2.26 bits per heavy atom. The Balaban J connectivity index is 1.47. The quantitative estimate of drug-likeness (QED) is 0.326. The number of allylic oxidation sites excluding steroid dienone is 1. The maximum Gasteiger partial charge on any atom is 0.235 e. The van der Waals surface area contributed by atoms with Crippen LogP contribution in [0.1, 0.15) is 49.0 Å². The van der Waals surface area contributed by atoms with Gasteiger partial charge < -0.3 is 9.73 Å². The third-order valence-electron chi connectivity index (χ3n) is 6.32. The predicted molar refractivity (Wildman–Crippen MR) is 136 cm³/mol. The number of hydrogen-bond acceptors (Lipinski definition) is 7. The minimum absolute atomic E-state index is 0.164. The van der Waals surface area contributed by atoms with Crippen LogP contribution in [-0.2, 0) is 24.2 Å². The molecule has 3 heterocycles. The van der Waals surface area contributed by atoms with E-state index in [2.05, 4.69) is 48.9 Å². The Hall–Kier alpha value is -2.83. The molecular formula is C25H29N5O2S2. The van der Waals surface area contributed by atoms with Crippen LogP contribution in [-0.4, -0.2) is 26.4 Å². The number of aromatic nitrogens is 3. The second-order valence-corrected chi connectivity index (χ2v) is 11.6. The molecule has 1 amide bonds. The van der Waals surface area contributed by atoms with Crippen molar-refractivity contribution in [2.24, 2.45) is 11.3 Å². The van der Waals surface area contributed by atoms with Gasteiger partial charge in [-0.25, -0.2) is 0 Å². The molecule has 0 saturated heterocycles. The molecule has 34 heavy (non-hydrogen) atoms. The molecule has 0 spiro atoms. The molecule has 0 aliphatic heterocycles. The van der Waals surface area contributed by atoms with Gasteiger partial charge in [-0.3, -0.25) is 9.36 Å². The zero-order valence-corrected chi connectivity index (χ0v) is 21.6. The molecule has 0 saturated carbocycles. The van der Waals surface area contributed by atoms with E-state index >= 15 is 0 Å². The second kappa shape index (κ2) is 9.80. The van der Waals surface area contributed by atoms with E-state index in [1.54, 1.807) is 23.7 Å². The SMILES string of the molecule is C=CCn1c(SCC(=O)Nc2sc3c(c2C#N)CCC(C(C)(C)C)C3)nnc1-c1ccoc1C. The van der Waals surface area contributed by atoms with Crippen LogP contribution in [0, 0.1) is 29.6 Å². The molecule has 1 aliphatic carbocycles. The zero-order chi connectivity index (χ0) is 24.5. The number of carbonyl (C=O) groups is 1. The molecule has 9 heteroatoms. The first-order chi connectivity index (χ1) is 16.2. The number of carbonyl (C=O) groups excluding carboxylic acids is 1. The number of furan rings is 1. The molecule has 3 aromatic rings. The van der Waals surface area contributed by atoms with E-state index in [0.717, 1.165) is 36.1 Å². The van der Waals surface area contributed by atoms with Crippen molar-refractivity contribution in [1.82, 2.24) is 14.8 Å². The molecule has 0 aromatic carbocycles. The highest BCUT2D eigenvalue weighted by atomic mass is 32.2. The molecule has 7 nitrogen and oxygen atoms in total. The highest BCUT2D eigenvalue weighted by molar-refractivity contribution is 7.99. The summed E-state index contributed by atoms with van der Waals surface area (Å²) in [5.41, 5.74) is 2.83. The van der Waals surface area contributed by atoms with Gasteiger partial charge in [-0.15, -0.1) is 28.1 Å². The van der Waals surface area contributed by atoms with E-state index < -0.39 is 0 Å². The predicted octanol–water partition coefficient (Wildman–Crippen LogP) is 5.85. The average molecular weight is 496 g/mol. The molecule has 3 aromatic heterocycles. The maximum atomic E-state index is 12.8. The molecule has 4 rings (SSSR count). The summed E-state index contributed by atoms with van der Waals surface area (Å²) in [4.78, 5) is 14.1. The summed E-state index contributed by atoms with van der Waals surface area (Å²) in [5, 5.41) is 22.7. The maximum absolute atomic E-state index is 12.8. The van der Waals surface area contributed by atoms with Crippen LogP contribution in [0.5, 0.6) is 0 Å². The summed E-state index contributed by atoms with van der Waals surface area (Å²) >= 11 is 2.86. The van der Waals surface area contributed by atoms with E-state index in [1.807, 2.05) is 17.6 Å². The van der Waals surface area contributed by atoms with Gasteiger partial charge in [0.15, 0.2) is 11.0 Å². The number of nitriles is 1. The molecule has 0 bridgehead atoms. The smallest absolute Gasteiger partial charge is 0.235 e. The number of amides is 1. The average Bonchev–Trinajstić information content (AvgIpc) is 3.47. The van der Waals surface area contributed by atoms with Gasteiger partial charge in [0.25, 0.3) is 0 Å². The number of aryl methyl sites for hydroxylation is 1. The van der Waals surface area contributed by atoms with Crippen molar-refractivity contribution in [2.45, 2.75) is 58.7 Å². The lowest BCUT2D eigenvalue weighted by molar-refractivity contribution is -0.113. The fourth-order valence-electron chi connectivity index (χ4n) is 4.33. The van der Waals surface area contributed by atoms with Gasteiger partial charge in [-0.1, -0.05) is 38.6 Å². The standard InChI is InChI=1S/C25H29N5O2S2/c1-6-10-30-22(17-9-11-32-15(17)2)28-29-24(30)33-14-21(31)27-23-19(13-26)18-8-7-16(25(3,4)5)12-20(18)34-23/h6,9,11,16H,1,7-8,10,12,14H2,2-5H3,(H,27,31). The molecule has 178 valence electrons. The number of thiophene rings is 1. The molecule has 1 N–H and O–H groups in total. The largest absolute Gasteiger partial charge is 0.469 e. The van der Waals surface area contributed by atoms with Gasteiger partial charge in [-0.05, 0) is 49.1 Å². The van der Waals surface area contributed by atoms with E-state index in [9.17, 15) is 10.1 Å². The highest BCUT2D eigenvalue weighted by Crippen LogP contribution is 2.44. The Kier molecular flexibility index (Phi) is 7.01. The number of hydrogen-bond donors (Lipinski definition) is 1. The molecule has 1 atom stereocenters. The lowest BCUT2D eigenvalue weighted by Gasteiger charge is -2.33. The summed E-state index contributed by atoms with van der Waals surface area (Å²) in [7, 11) is 0. The van der Waals surface area contributed by atoms with Gasteiger partial charge in [0.1, 0.15) is 16.8 Å². The van der Waals surface area contributed by atoms with Gasteiger partial charge in [0.05, 0.1) is 23.1 Å². The lowest BCUT2D eigenvalue weighted by atomic mass is 9.72. The molecule has 1 aliphatic rings. The van der Waals surface area contributed by atoms with Crippen molar-refractivity contribution in [1.29, 1.82) is 5.26 Å². The van der Waals surface area contributed by atoms with Crippen molar-refractivity contribution < 1.29 is 9.21 Å². The van der Waals surface area contributed by atoms with Crippen molar-refractivity contribution in [3.63, 3.8) is 0 Å². The monoisotopic (exact) mass is 495 g/mol. The van der Waals surface area contributed by atoms with Crippen LogP contribution in [0.25, 0.3) is 11.4 Å². The van der Waals surface area contributed by atoms with E-state index in [-0.39, 0.29) is 17.1 Å². The van der Waals surface area contributed by atoms with Crippen LogP contribution in [0.4, 0.5) is 5.00 Å². The van der Waals surface area contributed by atoms with Crippen molar-refractivity contribution in [3.8, 4) is 17.5 Å². The van der Waals surface area contributed by atoms with Gasteiger partial charge in [-0.2, -0.15) is 5.26 Å². The molecule has 0 fully saturated rings. The van der Waals surface area contributed by atoms with E-state index in [4.69, 9.17) is 4.42 Å². The number of thioether (sulfide) groups is 1. The van der Waals surface area contributed by atoms with Crippen LogP contribution < -0.4 is 5.32 Å². The first-order valence-corrected chi connectivity index (χ1v) is 13.1.